The Hall–Kier alpha value is -1.83. The van der Waals surface area contributed by atoms with Crippen molar-refractivity contribution >= 4 is 17.8 Å². The third-order valence-corrected chi connectivity index (χ3v) is 3.22. The number of nitrogens with one attached hydrogen (secondary N) is 1. The Bertz CT molecular complexity index is 424. The third-order valence-electron chi connectivity index (χ3n) is 3.22. The van der Waals surface area contributed by atoms with E-state index in [1.165, 1.54) is 0 Å². The summed E-state index contributed by atoms with van der Waals surface area (Å²) in [5.41, 5.74) is 0. The van der Waals surface area contributed by atoms with E-state index in [0.29, 0.717) is 31.2 Å². The SMILES string of the molecule is CNCN(COC)c1nc(N(COC)COC)nc(N(COC)COC)n1. The summed E-state index contributed by atoms with van der Waals surface area (Å²) in [7, 11) is 9.79. The molecule has 12 nitrogen and oxygen atoms in total. The van der Waals surface area contributed by atoms with Gasteiger partial charge in [-0.25, -0.2) is 0 Å². The molecule has 0 aromatic carbocycles. The molecule has 0 aliphatic carbocycles. The third kappa shape index (κ3) is 7.36. The van der Waals surface area contributed by atoms with Crippen LogP contribution in [0.3, 0.4) is 0 Å². The van der Waals surface area contributed by atoms with Crippen LogP contribution in [0, 0.1) is 0 Å². The lowest BCUT2D eigenvalue weighted by Crippen LogP contribution is -2.38. The molecule has 1 aromatic rings. The highest BCUT2D eigenvalue weighted by Gasteiger charge is 2.20. The van der Waals surface area contributed by atoms with Gasteiger partial charge in [0.05, 0.1) is 6.67 Å². The van der Waals surface area contributed by atoms with Gasteiger partial charge >= 0.3 is 0 Å². The van der Waals surface area contributed by atoms with Crippen LogP contribution in [0.25, 0.3) is 0 Å². The number of aromatic nitrogens is 3. The first kappa shape index (κ1) is 23.2. The minimum Gasteiger partial charge on any atom is -0.364 e. The molecule has 0 saturated heterocycles. The standard InChI is InChI=1S/C15H31N7O5/c1-16-7-20(8-23-2)13-17-14(21(9-24-3)10-25-4)19-15(18-13)22(11-26-5)12-27-6/h16H,7-12H2,1-6H3. The molecule has 1 rings (SSSR count). The number of anilines is 3. The van der Waals surface area contributed by atoms with Gasteiger partial charge < -0.3 is 33.9 Å². The minimum absolute atomic E-state index is 0.252. The van der Waals surface area contributed by atoms with Crippen LogP contribution in [0.15, 0.2) is 0 Å². The number of methoxy groups -OCH3 is 5. The Morgan fingerprint density at radius 1 is 0.593 bits per heavy atom. The van der Waals surface area contributed by atoms with E-state index in [2.05, 4.69) is 20.3 Å². The Labute approximate surface area is 160 Å². The maximum absolute atomic E-state index is 5.26. The first-order chi connectivity index (χ1) is 13.1. The van der Waals surface area contributed by atoms with Crippen LogP contribution in [0.2, 0.25) is 0 Å². The average molecular weight is 389 g/mol. The van der Waals surface area contributed by atoms with E-state index in [1.54, 1.807) is 45.3 Å². The van der Waals surface area contributed by atoms with Gasteiger partial charge in [0, 0.05) is 35.5 Å². The normalized spacial score (nSPS) is 10.9. The topological polar surface area (TPSA) is 107 Å². The van der Waals surface area contributed by atoms with E-state index in [1.807, 2.05) is 11.9 Å². The summed E-state index contributed by atoms with van der Waals surface area (Å²) >= 11 is 0. The van der Waals surface area contributed by atoms with Crippen molar-refractivity contribution in [1.29, 1.82) is 0 Å². The molecule has 156 valence electrons. The Balaban J connectivity index is 3.38. The second-order valence-electron chi connectivity index (χ2n) is 5.46. The van der Waals surface area contributed by atoms with Crippen molar-refractivity contribution in [2.75, 3.05) is 97.6 Å². The lowest BCUT2D eigenvalue weighted by atomic mass is 10.6. The van der Waals surface area contributed by atoms with Crippen molar-refractivity contribution in [3.63, 3.8) is 0 Å². The first-order valence-electron chi connectivity index (χ1n) is 8.25. The summed E-state index contributed by atoms with van der Waals surface area (Å²) in [6, 6.07) is 0. The van der Waals surface area contributed by atoms with Crippen LogP contribution in [-0.4, -0.2) is 97.9 Å². The number of rotatable bonds is 15. The largest absolute Gasteiger partial charge is 0.364 e. The summed E-state index contributed by atoms with van der Waals surface area (Å²) in [5.74, 6) is 1.22. The first-order valence-corrected chi connectivity index (χ1v) is 8.25. The summed E-state index contributed by atoms with van der Waals surface area (Å²) in [5, 5.41) is 3.07. The second-order valence-corrected chi connectivity index (χ2v) is 5.46. The Kier molecular flexibility index (Phi) is 11.5. The molecule has 0 unspecified atom stereocenters. The van der Waals surface area contributed by atoms with Crippen LogP contribution >= 0.6 is 0 Å². The van der Waals surface area contributed by atoms with Crippen molar-refractivity contribution in [3.8, 4) is 0 Å². The fourth-order valence-electron chi connectivity index (χ4n) is 2.22. The highest BCUT2D eigenvalue weighted by molar-refractivity contribution is 5.45. The summed E-state index contributed by atoms with van der Waals surface area (Å²) < 4.78 is 26.2. The number of hydrogen-bond acceptors (Lipinski definition) is 12. The zero-order valence-corrected chi connectivity index (χ0v) is 17.0. The summed E-state index contributed by atoms with van der Waals surface area (Å²) in [4.78, 5) is 18.9. The molecule has 0 radical (unpaired) electrons. The molecule has 0 atom stereocenters. The molecule has 0 spiro atoms. The van der Waals surface area contributed by atoms with Crippen molar-refractivity contribution in [3.05, 3.63) is 0 Å². The van der Waals surface area contributed by atoms with E-state index in [0.717, 1.165) is 0 Å². The van der Waals surface area contributed by atoms with Gasteiger partial charge in [0.15, 0.2) is 0 Å². The quantitative estimate of drug-likeness (QED) is 0.390. The fourth-order valence-corrected chi connectivity index (χ4v) is 2.22. The number of nitrogens with zero attached hydrogens (tertiary/aromatic N) is 6. The van der Waals surface area contributed by atoms with Crippen molar-refractivity contribution in [1.82, 2.24) is 20.3 Å². The molecule has 0 aliphatic rings. The smallest absolute Gasteiger partial charge is 0.235 e. The molecule has 12 heteroatoms. The summed E-state index contributed by atoms with van der Waals surface area (Å²) in [6.07, 6.45) is 0. The van der Waals surface area contributed by atoms with Crippen LogP contribution < -0.4 is 20.0 Å². The van der Waals surface area contributed by atoms with Gasteiger partial charge in [0.1, 0.15) is 33.7 Å². The van der Waals surface area contributed by atoms with Crippen LogP contribution in [-0.2, 0) is 23.7 Å². The van der Waals surface area contributed by atoms with Crippen LogP contribution in [0.5, 0.6) is 0 Å². The maximum atomic E-state index is 5.26. The van der Waals surface area contributed by atoms with Crippen LogP contribution in [0.1, 0.15) is 0 Å². The van der Waals surface area contributed by atoms with Gasteiger partial charge in [0.2, 0.25) is 17.8 Å². The predicted molar refractivity (Wildman–Crippen MR) is 101 cm³/mol. The lowest BCUT2D eigenvalue weighted by molar-refractivity contribution is 0.136. The van der Waals surface area contributed by atoms with Gasteiger partial charge in [-0.1, -0.05) is 0 Å². The zero-order valence-electron chi connectivity index (χ0n) is 17.0. The monoisotopic (exact) mass is 389 g/mol. The molecular weight excluding hydrogens is 358 g/mol. The fraction of sp³-hybridized carbons (Fsp3) is 0.800. The molecule has 1 N–H and O–H groups in total. The highest BCUT2D eigenvalue weighted by atomic mass is 16.5. The molecular formula is C15H31N7O5. The Morgan fingerprint density at radius 3 is 1.19 bits per heavy atom. The van der Waals surface area contributed by atoms with Gasteiger partial charge in [-0.2, -0.15) is 15.0 Å². The molecule has 0 fully saturated rings. The zero-order chi connectivity index (χ0) is 20.1. The molecule has 27 heavy (non-hydrogen) atoms. The number of ether oxygens (including phenoxy) is 5. The molecule has 0 bridgehead atoms. The van der Waals surface area contributed by atoms with E-state index in [9.17, 15) is 0 Å². The van der Waals surface area contributed by atoms with Gasteiger partial charge in [-0.15, -0.1) is 0 Å². The second kappa shape index (κ2) is 13.4. The molecule has 0 amide bonds. The van der Waals surface area contributed by atoms with E-state index in [4.69, 9.17) is 23.7 Å². The van der Waals surface area contributed by atoms with Crippen molar-refractivity contribution < 1.29 is 23.7 Å². The molecule has 0 aliphatic heterocycles. The highest BCUT2D eigenvalue weighted by Crippen LogP contribution is 2.19. The van der Waals surface area contributed by atoms with Crippen LogP contribution in [0.4, 0.5) is 17.8 Å². The van der Waals surface area contributed by atoms with Gasteiger partial charge in [-0.3, -0.25) is 9.80 Å². The van der Waals surface area contributed by atoms with Crippen molar-refractivity contribution in [2.45, 2.75) is 0 Å². The van der Waals surface area contributed by atoms with E-state index in [-0.39, 0.29) is 26.9 Å². The summed E-state index contributed by atoms with van der Waals surface area (Å²) in [6.45, 7) is 1.79. The Morgan fingerprint density at radius 2 is 0.889 bits per heavy atom. The van der Waals surface area contributed by atoms with E-state index < -0.39 is 0 Å². The van der Waals surface area contributed by atoms with E-state index >= 15 is 0 Å². The van der Waals surface area contributed by atoms with Gasteiger partial charge in [-0.05, 0) is 7.05 Å². The van der Waals surface area contributed by atoms with Gasteiger partial charge in [0.25, 0.3) is 0 Å². The molecule has 1 heterocycles. The average Bonchev–Trinajstić information content (AvgIpc) is 2.67. The molecule has 0 saturated carbocycles. The predicted octanol–water partition coefficient (Wildman–Crippen LogP) is -0.513. The molecule has 1 aromatic heterocycles. The van der Waals surface area contributed by atoms with Crippen molar-refractivity contribution in [2.24, 2.45) is 0 Å². The lowest BCUT2D eigenvalue weighted by Gasteiger charge is -2.27. The maximum Gasteiger partial charge on any atom is 0.235 e. The minimum atomic E-state index is 0.252. The number of hydrogen-bond donors (Lipinski definition) is 1.